The molecule has 3 aliphatic carbocycles. The Bertz CT molecular complexity index is 774. The largest absolute Gasteiger partial charge is 0.429 e. The van der Waals surface area contributed by atoms with Crippen LogP contribution in [0.25, 0.3) is 0 Å². The third kappa shape index (κ3) is 2.67. The van der Waals surface area contributed by atoms with E-state index in [0.717, 1.165) is 25.2 Å². The van der Waals surface area contributed by atoms with Crippen molar-refractivity contribution in [2.24, 2.45) is 34.0 Å². The van der Waals surface area contributed by atoms with Gasteiger partial charge in [-0.1, -0.05) is 34.1 Å². The summed E-state index contributed by atoms with van der Waals surface area (Å²) < 4.78 is 11.4. The zero-order valence-corrected chi connectivity index (χ0v) is 18.9. The first-order chi connectivity index (χ1) is 14.1. The molecule has 1 saturated heterocycles. The molecule has 0 radical (unpaired) electrons. The number of hydrogen-bond acceptors (Lipinski definition) is 5. The van der Waals surface area contributed by atoms with Gasteiger partial charge in [0.1, 0.15) is 0 Å². The molecule has 5 heteroatoms. The van der Waals surface area contributed by atoms with Gasteiger partial charge in [0, 0.05) is 11.6 Å². The number of esters is 1. The molecule has 0 aromatic carbocycles. The molecule has 0 amide bonds. The van der Waals surface area contributed by atoms with Gasteiger partial charge in [0.2, 0.25) is 6.29 Å². The molecule has 8 atom stereocenters. The van der Waals surface area contributed by atoms with Gasteiger partial charge in [0.15, 0.2) is 0 Å². The number of carbonyl (C=O) groups is 1. The van der Waals surface area contributed by atoms with Crippen LogP contribution in [0.5, 0.6) is 0 Å². The third-order valence-corrected chi connectivity index (χ3v) is 10.4. The second-order valence-electron chi connectivity index (χ2n) is 12.1. The summed E-state index contributed by atoms with van der Waals surface area (Å²) in [5.74, 6) is 1.10. The van der Waals surface area contributed by atoms with Gasteiger partial charge in [-0.05, 0) is 78.9 Å². The van der Waals surface area contributed by atoms with Crippen molar-refractivity contribution in [2.75, 3.05) is 6.61 Å². The van der Waals surface area contributed by atoms with Gasteiger partial charge in [-0.25, -0.2) is 4.79 Å². The Morgan fingerprint density at radius 1 is 1.00 bits per heavy atom. The lowest BCUT2D eigenvalue weighted by molar-refractivity contribution is -0.212. The number of aliphatic hydroxyl groups is 2. The highest BCUT2D eigenvalue weighted by atomic mass is 16.6. The van der Waals surface area contributed by atoms with Crippen LogP contribution in [0.1, 0.15) is 79.1 Å². The van der Waals surface area contributed by atoms with Crippen LogP contribution in [0, 0.1) is 34.0 Å². The number of aliphatic hydroxyl groups excluding tert-OH is 2. The molecule has 3 saturated carbocycles. The van der Waals surface area contributed by atoms with Crippen molar-refractivity contribution in [1.82, 2.24) is 0 Å². The van der Waals surface area contributed by atoms with Gasteiger partial charge in [-0.15, -0.1) is 0 Å². The first-order valence-electron chi connectivity index (χ1n) is 11.9. The fourth-order valence-corrected chi connectivity index (χ4v) is 9.20. The Labute approximate surface area is 180 Å². The van der Waals surface area contributed by atoms with Crippen molar-refractivity contribution in [3.8, 4) is 0 Å². The lowest BCUT2D eigenvalue weighted by Gasteiger charge is -2.67. The van der Waals surface area contributed by atoms with Crippen LogP contribution in [-0.2, 0) is 14.3 Å². The predicted octanol–water partition coefficient (Wildman–Crippen LogP) is 3.97. The molecular formula is C25H38O5. The first-order valence-corrected chi connectivity index (χ1v) is 11.9. The SMILES string of the molecule is CC1(C)CCC[C@]2(C)[C@H]3CC[C@]4(CO)O[C@H](C5=CC(=O)OC5O)C[C@H]4[C@]3(C)CC[C@@H]12. The summed E-state index contributed by atoms with van der Waals surface area (Å²) in [4.78, 5) is 11.7. The number of carbonyl (C=O) groups excluding carboxylic acids is 1. The van der Waals surface area contributed by atoms with Crippen molar-refractivity contribution in [2.45, 2.75) is 97.1 Å². The number of fused-ring (bicyclic) bond motifs is 5. The second kappa shape index (κ2) is 6.55. The topological polar surface area (TPSA) is 76.0 Å². The van der Waals surface area contributed by atoms with Crippen LogP contribution in [0.3, 0.4) is 0 Å². The Morgan fingerprint density at radius 3 is 2.37 bits per heavy atom. The van der Waals surface area contributed by atoms with Crippen LogP contribution >= 0.6 is 0 Å². The molecule has 2 N–H and O–H groups in total. The Hall–Kier alpha value is -0.910. The fourth-order valence-electron chi connectivity index (χ4n) is 9.20. The fraction of sp³-hybridized carbons (Fsp3) is 0.880. The molecule has 0 bridgehead atoms. The van der Waals surface area contributed by atoms with Crippen LogP contribution in [0.4, 0.5) is 0 Å². The highest BCUT2D eigenvalue weighted by Gasteiger charge is 2.67. The number of cyclic esters (lactones) is 1. The molecule has 1 unspecified atom stereocenters. The monoisotopic (exact) mass is 418 g/mol. The average Bonchev–Trinajstić information content (AvgIpc) is 3.21. The van der Waals surface area contributed by atoms with Crippen molar-refractivity contribution >= 4 is 5.97 Å². The third-order valence-electron chi connectivity index (χ3n) is 10.4. The van der Waals surface area contributed by atoms with Crippen molar-refractivity contribution < 1.29 is 24.5 Å². The molecule has 5 rings (SSSR count). The van der Waals surface area contributed by atoms with Gasteiger partial charge >= 0.3 is 5.97 Å². The van der Waals surface area contributed by atoms with E-state index in [0.29, 0.717) is 22.3 Å². The molecule has 5 nitrogen and oxygen atoms in total. The van der Waals surface area contributed by atoms with E-state index in [9.17, 15) is 15.0 Å². The maximum atomic E-state index is 11.7. The lowest BCUT2D eigenvalue weighted by atomic mass is 9.38. The van der Waals surface area contributed by atoms with Crippen molar-refractivity contribution in [3.63, 3.8) is 0 Å². The molecule has 168 valence electrons. The summed E-state index contributed by atoms with van der Waals surface area (Å²) in [6, 6.07) is 0. The predicted molar refractivity (Wildman–Crippen MR) is 112 cm³/mol. The minimum absolute atomic E-state index is 0.000289. The summed E-state index contributed by atoms with van der Waals surface area (Å²) in [6.07, 6.45) is 8.85. The maximum absolute atomic E-state index is 11.7. The van der Waals surface area contributed by atoms with E-state index in [-0.39, 0.29) is 24.0 Å². The van der Waals surface area contributed by atoms with E-state index in [1.54, 1.807) is 0 Å². The standard InChI is InChI=1S/C25H38O5/c1-22(2)8-5-9-23(3)17(22)6-10-24(4)18(23)7-11-25(14-26)19(24)13-16(30-25)15-12-20(27)29-21(15)28/h12,16-19,21,26,28H,5-11,13-14H2,1-4H3/t16-,17-,18+,19-,21?,23-,24+,25+/m0/s1. The second-order valence-corrected chi connectivity index (χ2v) is 12.1. The lowest BCUT2D eigenvalue weighted by Crippen LogP contribution is -2.62. The van der Waals surface area contributed by atoms with E-state index in [1.807, 2.05) is 0 Å². The minimum atomic E-state index is -1.21. The van der Waals surface area contributed by atoms with Gasteiger partial charge in [-0.2, -0.15) is 0 Å². The van der Waals surface area contributed by atoms with Crippen molar-refractivity contribution in [1.29, 1.82) is 0 Å². The molecule has 4 fully saturated rings. The van der Waals surface area contributed by atoms with Crippen LogP contribution < -0.4 is 0 Å². The molecule has 0 aromatic heterocycles. The summed E-state index contributed by atoms with van der Waals surface area (Å²) in [5, 5.41) is 20.7. The van der Waals surface area contributed by atoms with Crippen LogP contribution in [0.15, 0.2) is 11.6 Å². The normalized spacial score (nSPS) is 52.1. The molecule has 2 heterocycles. The van der Waals surface area contributed by atoms with Gasteiger partial charge < -0.3 is 19.7 Å². The Morgan fingerprint density at radius 2 is 1.70 bits per heavy atom. The summed E-state index contributed by atoms with van der Waals surface area (Å²) >= 11 is 0. The zero-order chi connectivity index (χ0) is 21.5. The zero-order valence-electron chi connectivity index (χ0n) is 18.9. The molecule has 0 spiro atoms. The van der Waals surface area contributed by atoms with E-state index in [1.165, 1.54) is 38.2 Å². The smallest absolute Gasteiger partial charge is 0.333 e. The van der Waals surface area contributed by atoms with Gasteiger partial charge in [0.25, 0.3) is 0 Å². The number of rotatable bonds is 2. The van der Waals surface area contributed by atoms with E-state index >= 15 is 0 Å². The van der Waals surface area contributed by atoms with Gasteiger partial charge in [0.05, 0.1) is 18.3 Å². The minimum Gasteiger partial charge on any atom is -0.429 e. The number of hydrogen-bond donors (Lipinski definition) is 2. The summed E-state index contributed by atoms with van der Waals surface area (Å²) in [5.41, 5.74) is 0.782. The molecule has 0 aromatic rings. The van der Waals surface area contributed by atoms with Gasteiger partial charge in [-0.3, -0.25) is 0 Å². The quantitative estimate of drug-likeness (QED) is 0.664. The maximum Gasteiger partial charge on any atom is 0.333 e. The first kappa shape index (κ1) is 21.0. The Balaban J connectivity index is 1.50. The van der Waals surface area contributed by atoms with Crippen LogP contribution in [-0.4, -0.2) is 40.8 Å². The molecule has 30 heavy (non-hydrogen) atoms. The average molecular weight is 419 g/mol. The molecule has 2 aliphatic heterocycles. The number of ether oxygens (including phenoxy) is 2. The molecule has 5 aliphatic rings. The highest BCUT2D eigenvalue weighted by Crippen LogP contribution is 2.71. The van der Waals surface area contributed by atoms with E-state index < -0.39 is 17.9 Å². The molecular weight excluding hydrogens is 380 g/mol. The van der Waals surface area contributed by atoms with Crippen molar-refractivity contribution in [3.05, 3.63) is 11.6 Å². The summed E-state index contributed by atoms with van der Waals surface area (Å²) in [7, 11) is 0. The summed E-state index contributed by atoms with van der Waals surface area (Å²) in [6.45, 7) is 9.94. The highest BCUT2D eigenvalue weighted by molar-refractivity contribution is 5.85. The van der Waals surface area contributed by atoms with E-state index in [4.69, 9.17) is 9.47 Å². The van der Waals surface area contributed by atoms with Crippen LogP contribution in [0.2, 0.25) is 0 Å². The Kier molecular flexibility index (Phi) is 4.58. The van der Waals surface area contributed by atoms with E-state index in [2.05, 4.69) is 27.7 Å².